The van der Waals surface area contributed by atoms with Crippen LogP contribution in [0.15, 0.2) is 18.5 Å². The number of hydrogen-bond acceptors (Lipinski definition) is 6. The number of nitrogens with two attached hydrogens (primary N) is 1. The van der Waals surface area contributed by atoms with Gasteiger partial charge in [-0.25, -0.2) is 9.50 Å². The lowest BCUT2D eigenvalue weighted by molar-refractivity contribution is -0.188. The van der Waals surface area contributed by atoms with Gasteiger partial charge in [-0.05, 0) is 38.2 Å². The van der Waals surface area contributed by atoms with Crippen LogP contribution in [0.25, 0.3) is 5.65 Å². The topological polar surface area (TPSA) is 95.0 Å². The van der Waals surface area contributed by atoms with Crippen LogP contribution >= 0.6 is 0 Å². The lowest BCUT2D eigenvalue weighted by atomic mass is 10.1. The summed E-state index contributed by atoms with van der Waals surface area (Å²) in [5.41, 5.74) is 6.22. The summed E-state index contributed by atoms with van der Waals surface area (Å²) in [5.74, 6) is 0.294. The fourth-order valence-corrected chi connectivity index (χ4v) is 3.50. The van der Waals surface area contributed by atoms with E-state index < -0.39 is 5.91 Å². The van der Waals surface area contributed by atoms with Crippen LogP contribution in [0.4, 0.5) is 5.82 Å². The van der Waals surface area contributed by atoms with E-state index in [0.717, 1.165) is 57.6 Å². The summed E-state index contributed by atoms with van der Waals surface area (Å²) in [7, 11) is 0. The number of ether oxygens (including phenoxy) is 2. The van der Waals surface area contributed by atoms with Crippen LogP contribution in [0.3, 0.4) is 0 Å². The molecule has 2 fully saturated rings. The van der Waals surface area contributed by atoms with Crippen LogP contribution in [0.2, 0.25) is 0 Å². The van der Waals surface area contributed by atoms with Crippen molar-refractivity contribution < 1.29 is 14.3 Å². The number of carbonyl (C=O) groups is 1. The third-order valence-electron chi connectivity index (χ3n) is 4.80. The molecule has 0 aliphatic carbocycles. The third-order valence-corrected chi connectivity index (χ3v) is 4.80. The van der Waals surface area contributed by atoms with E-state index in [1.54, 1.807) is 10.7 Å². The summed E-state index contributed by atoms with van der Waals surface area (Å²) in [5, 5.41) is 4.11. The van der Waals surface area contributed by atoms with E-state index in [1.165, 1.54) is 6.20 Å². The second-order valence-electron chi connectivity index (χ2n) is 6.62. The predicted molar refractivity (Wildman–Crippen MR) is 91.4 cm³/mol. The fourth-order valence-electron chi connectivity index (χ4n) is 3.50. The van der Waals surface area contributed by atoms with Crippen molar-refractivity contribution in [1.82, 2.24) is 14.6 Å². The van der Waals surface area contributed by atoms with Gasteiger partial charge in [0.05, 0.1) is 12.3 Å². The van der Waals surface area contributed by atoms with Crippen LogP contribution in [0.1, 0.15) is 42.5 Å². The molecule has 0 aromatic carbocycles. The van der Waals surface area contributed by atoms with Gasteiger partial charge in [0.25, 0.3) is 5.91 Å². The highest BCUT2D eigenvalue weighted by Gasteiger charge is 2.26. The average molecular weight is 345 g/mol. The van der Waals surface area contributed by atoms with Gasteiger partial charge in [0.1, 0.15) is 11.4 Å². The number of amides is 1. The van der Waals surface area contributed by atoms with E-state index >= 15 is 0 Å². The van der Waals surface area contributed by atoms with Gasteiger partial charge in [-0.2, -0.15) is 5.10 Å². The Morgan fingerprint density at radius 3 is 3.04 bits per heavy atom. The largest absolute Gasteiger partial charge is 0.365 e. The van der Waals surface area contributed by atoms with Crippen molar-refractivity contribution in [1.29, 1.82) is 0 Å². The Morgan fingerprint density at radius 2 is 2.24 bits per heavy atom. The zero-order chi connectivity index (χ0) is 17.2. The maximum atomic E-state index is 11.5. The molecule has 4 rings (SSSR count). The van der Waals surface area contributed by atoms with Crippen molar-refractivity contribution in [2.24, 2.45) is 5.73 Å². The molecule has 0 bridgehead atoms. The maximum absolute atomic E-state index is 11.5. The minimum Gasteiger partial charge on any atom is -0.365 e. The maximum Gasteiger partial charge on any atom is 0.254 e. The molecule has 2 N–H and O–H groups in total. The van der Waals surface area contributed by atoms with E-state index in [9.17, 15) is 4.79 Å². The first-order chi connectivity index (χ1) is 12.2. The van der Waals surface area contributed by atoms with Crippen LogP contribution in [0.5, 0.6) is 0 Å². The van der Waals surface area contributed by atoms with Gasteiger partial charge in [0.15, 0.2) is 11.9 Å². The molecule has 1 amide bonds. The number of fused-ring (bicyclic) bond motifs is 1. The number of rotatable bonds is 4. The fraction of sp³-hybridized carbons (Fsp3) is 0.588. The molecule has 0 saturated carbocycles. The second-order valence-corrected chi connectivity index (χ2v) is 6.62. The van der Waals surface area contributed by atoms with Gasteiger partial charge in [-0.3, -0.25) is 4.79 Å². The van der Waals surface area contributed by atoms with Gasteiger partial charge in [0.2, 0.25) is 0 Å². The number of piperidine rings is 1. The van der Waals surface area contributed by atoms with Crippen molar-refractivity contribution in [3.05, 3.63) is 24.0 Å². The predicted octanol–water partition coefficient (Wildman–Crippen LogP) is 1.34. The number of anilines is 1. The Balaban J connectivity index is 1.49. The standard InChI is InChI=1S/C17H23N5O3/c18-16(23)13-10-19-22-8-6-14(20-17(13)22)21-7-3-4-12(11-21)25-15-5-1-2-9-24-15/h6,8,10,12,15H,1-5,7,9,11H2,(H2,18,23)/t12-,15?/m0/s1. The molecule has 25 heavy (non-hydrogen) atoms. The highest BCUT2D eigenvalue weighted by Crippen LogP contribution is 2.24. The van der Waals surface area contributed by atoms with Gasteiger partial charge in [-0.1, -0.05) is 0 Å². The van der Waals surface area contributed by atoms with E-state index in [4.69, 9.17) is 15.2 Å². The van der Waals surface area contributed by atoms with Crippen molar-refractivity contribution in [2.75, 3.05) is 24.6 Å². The number of carbonyl (C=O) groups excluding carboxylic acids is 1. The van der Waals surface area contributed by atoms with Gasteiger partial charge in [0, 0.05) is 25.9 Å². The Bertz CT molecular complexity index is 756. The number of hydrogen-bond donors (Lipinski definition) is 1. The molecule has 2 aliphatic rings. The van der Waals surface area contributed by atoms with Crippen molar-refractivity contribution in [3.63, 3.8) is 0 Å². The van der Waals surface area contributed by atoms with Crippen LogP contribution in [0, 0.1) is 0 Å². The van der Waals surface area contributed by atoms with Gasteiger partial charge >= 0.3 is 0 Å². The monoisotopic (exact) mass is 345 g/mol. The van der Waals surface area contributed by atoms with E-state index in [0.29, 0.717) is 11.2 Å². The summed E-state index contributed by atoms with van der Waals surface area (Å²) >= 11 is 0. The second kappa shape index (κ2) is 6.97. The van der Waals surface area contributed by atoms with Crippen molar-refractivity contribution in [2.45, 2.75) is 44.5 Å². The zero-order valence-electron chi connectivity index (χ0n) is 14.1. The first kappa shape index (κ1) is 16.3. The molecule has 8 heteroatoms. The smallest absolute Gasteiger partial charge is 0.254 e. The Kier molecular flexibility index (Phi) is 4.54. The van der Waals surface area contributed by atoms with Gasteiger partial charge in [-0.15, -0.1) is 0 Å². The summed E-state index contributed by atoms with van der Waals surface area (Å²) in [6, 6.07) is 1.91. The molecule has 2 atom stereocenters. The number of primary amides is 1. The van der Waals surface area contributed by atoms with Crippen molar-refractivity contribution in [3.8, 4) is 0 Å². The summed E-state index contributed by atoms with van der Waals surface area (Å²) in [6.45, 7) is 2.47. The summed E-state index contributed by atoms with van der Waals surface area (Å²) < 4.78 is 13.4. The SMILES string of the molecule is NC(=O)c1cnn2ccc(N3CCC[C@H](OC4CCCCO4)C3)nc12. The molecule has 2 saturated heterocycles. The molecule has 0 radical (unpaired) electrons. The molecule has 1 unspecified atom stereocenters. The highest BCUT2D eigenvalue weighted by atomic mass is 16.7. The van der Waals surface area contributed by atoms with E-state index in [1.807, 2.05) is 6.07 Å². The molecule has 2 aromatic heterocycles. The quantitative estimate of drug-likeness (QED) is 0.898. The number of nitrogens with zero attached hydrogens (tertiary/aromatic N) is 4. The lowest BCUT2D eigenvalue weighted by Crippen LogP contribution is -2.42. The van der Waals surface area contributed by atoms with Gasteiger partial charge < -0.3 is 20.1 Å². The van der Waals surface area contributed by atoms with Crippen LogP contribution in [-0.2, 0) is 9.47 Å². The zero-order valence-corrected chi connectivity index (χ0v) is 14.1. The summed E-state index contributed by atoms with van der Waals surface area (Å²) in [4.78, 5) is 18.3. The molecule has 2 aliphatic heterocycles. The normalized spacial score (nSPS) is 24.6. The molecule has 134 valence electrons. The minimum absolute atomic E-state index is 0.0783. The average Bonchev–Trinajstić information content (AvgIpc) is 3.06. The lowest BCUT2D eigenvalue weighted by Gasteiger charge is -2.36. The summed E-state index contributed by atoms with van der Waals surface area (Å²) in [6.07, 6.45) is 8.63. The first-order valence-electron chi connectivity index (χ1n) is 8.87. The number of aromatic nitrogens is 3. The first-order valence-corrected chi connectivity index (χ1v) is 8.87. The Hall–Kier alpha value is -2.19. The molecular formula is C17H23N5O3. The molecule has 8 nitrogen and oxygen atoms in total. The highest BCUT2D eigenvalue weighted by molar-refractivity contribution is 5.98. The van der Waals surface area contributed by atoms with Crippen LogP contribution < -0.4 is 10.6 Å². The minimum atomic E-state index is -0.519. The van der Waals surface area contributed by atoms with Crippen molar-refractivity contribution >= 4 is 17.4 Å². The Labute approximate surface area is 145 Å². The molecular weight excluding hydrogens is 322 g/mol. The molecule has 4 heterocycles. The third kappa shape index (κ3) is 3.45. The van der Waals surface area contributed by atoms with E-state index in [2.05, 4.69) is 15.0 Å². The molecule has 0 spiro atoms. The Morgan fingerprint density at radius 1 is 1.32 bits per heavy atom. The van der Waals surface area contributed by atoms with Crippen LogP contribution in [-0.4, -0.2) is 52.6 Å². The van der Waals surface area contributed by atoms with E-state index in [-0.39, 0.29) is 12.4 Å². The molecule has 2 aromatic rings.